The average molecular weight is 674 g/mol. The van der Waals surface area contributed by atoms with Crippen molar-refractivity contribution in [3.63, 3.8) is 0 Å². The van der Waals surface area contributed by atoms with Gasteiger partial charge in [0.15, 0.2) is 12.4 Å². The smallest absolute Gasteiger partial charge is 0.417 e. The lowest BCUT2D eigenvalue weighted by atomic mass is 9.89. The van der Waals surface area contributed by atoms with Gasteiger partial charge in [0.1, 0.15) is 11.4 Å². The number of fused-ring (bicyclic) bond motifs is 1. The summed E-state index contributed by atoms with van der Waals surface area (Å²) in [5.41, 5.74) is -1.45. The van der Waals surface area contributed by atoms with Gasteiger partial charge in [-0.25, -0.2) is 4.79 Å². The number of halogens is 3. The molecule has 2 atom stereocenters. The van der Waals surface area contributed by atoms with Crippen LogP contribution in [0.4, 0.5) is 13.2 Å². The van der Waals surface area contributed by atoms with E-state index in [0.29, 0.717) is 36.0 Å². The van der Waals surface area contributed by atoms with Crippen LogP contribution in [-0.4, -0.2) is 83.2 Å². The largest absolute Gasteiger partial charge is 0.496 e. The maximum Gasteiger partial charge on any atom is 0.417 e. The minimum atomic E-state index is -4.89. The maximum absolute atomic E-state index is 13.8. The summed E-state index contributed by atoms with van der Waals surface area (Å²) in [6.45, 7) is 4.81. The molecule has 0 aliphatic carbocycles. The molecule has 1 aliphatic heterocycles. The van der Waals surface area contributed by atoms with Crippen molar-refractivity contribution in [3.05, 3.63) is 58.5 Å². The molecule has 0 saturated carbocycles. The molecule has 3 amide bonds. The summed E-state index contributed by atoms with van der Waals surface area (Å²) >= 11 is 0. The van der Waals surface area contributed by atoms with Gasteiger partial charge in [0.25, 0.3) is 5.91 Å². The van der Waals surface area contributed by atoms with E-state index in [4.69, 9.17) is 9.47 Å². The van der Waals surface area contributed by atoms with E-state index < -0.39 is 72.0 Å². The number of alkyl halides is 3. The number of carbonyl (C=O) groups excluding carboxylic acids is 5. The molecule has 0 bridgehead atoms. The number of ether oxygens (including phenoxy) is 2. The van der Waals surface area contributed by atoms with Crippen LogP contribution in [0.1, 0.15) is 70.9 Å². The van der Waals surface area contributed by atoms with Gasteiger partial charge in [0, 0.05) is 35.1 Å². The fourth-order valence-electron chi connectivity index (χ4n) is 5.94. The highest BCUT2D eigenvalue weighted by Gasteiger charge is 2.39. The normalized spacial score (nSPS) is 15.5. The number of pyridine rings is 1. The van der Waals surface area contributed by atoms with Crippen LogP contribution in [0, 0.1) is 19.8 Å². The van der Waals surface area contributed by atoms with E-state index in [-0.39, 0.29) is 29.4 Å². The minimum Gasteiger partial charge on any atom is -0.496 e. The molecule has 258 valence electrons. The molecular weight excluding hydrogens is 635 g/mol. The third-order valence-electron chi connectivity index (χ3n) is 8.13. The summed E-state index contributed by atoms with van der Waals surface area (Å²) in [6, 6.07) is 5.61. The number of hydrogen-bond acceptors (Lipinski definition) is 8. The monoisotopic (exact) mass is 673 g/mol. The van der Waals surface area contributed by atoms with Gasteiger partial charge in [-0.3, -0.25) is 24.2 Å². The van der Waals surface area contributed by atoms with Crippen LogP contribution in [-0.2, 0) is 25.3 Å². The maximum atomic E-state index is 13.8. The van der Waals surface area contributed by atoms with Crippen molar-refractivity contribution in [2.24, 2.45) is 5.92 Å². The molecule has 3 aromatic rings. The van der Waals surface area contributed by atoms with Gasteiger partial charge in [-0.15, -0.1) is 0 Å². The standard InChI is InChI=1S/C33H38F3N5O7/c1-17(2)41(28(43)15-38-31(45)24-14-21-23(40-24)9-6-10-27(21)47-5)25(13-20-8-7-11-37-30(20)44)26(42)16-48-32(46)29-19(4)39-18(3)12-22(29)33(34,35)36/h6,9-10,12,14,17,20,25,40H,7-8,11,13,15-16H2,1-5H3,(H,37,44)(H,38,45)/t20-,25-/m0/s1. The van der Waals surface area contributed by atoms with Crippen molar-refractivity contribution in [2.75, 3.05) is 26.8 Å². The number of Topliss-reactive ketones (excluding diaryl/α,β-unsaturated/α-hetero) is 1. The molecule has 1 fully saturated rings. The van der Waals surface area contributed by atoms with Gasteiger partial charge in [-0.05, 0) is 71.2 Å². The number of rotatable bonds is 12. The average Bonchev–Trinajstić information content (AvgIpc) is 3.47. The summed E-state index contributed by atoms with van der Waals surface area (Å²) in [4.78, 5) is 74.1. The van der Waals surface area contributed by atoms with Crippen LogP contribution in [0.2, 0.25) is 0 Å². The van der Waals surface area contributed by atoms with Gasteiger partial charge < -0.3 is 30.0 Å². The van der Waals surface area contributed by atoms with Gasteiger partial charge in [0.2, 0.25) is 11.8 Å². The van der Waals surface area contributed by atoms with E-state index in [1.165, 1.54) is 25.9 Å². The summed E-state index contributed by atoms with van der Waals surface area (Å²) in [6.07, 6.45) is -3.95. The summed E-state index contributed by atoms with van der Waals surface area (Å²) in [5.74, 6) is -3.90. The number of piperidine rings is 1. The highest BCUT2D eigenvalue weighted by molar-refractivity contribution is 6.01. The number of ketones is 1. The van der Waals surface area contributed by atoms with Crippen LogP contribution >= 0.6 is 0 Å². The van der Waals surface area contributed by atoms with Gasteiger partial charge in [-0.1, -0.05) is 6.07 Å². The molecule has 1 saturated heterocycles. The molecular formula is C33H38F3N5O7. The lowest BCUT2D eigenvalue weighted by Gasteiger charge is -2.36. The van der Waals surface area contributed by atoms with E-state index in [9.17, 15) is 37.1 Å². The first-order valence-corrected chi connectivity index (χ1v) is 15.4. The third-order valence-corrected chi connectivity index (χ3v) is 8.13. The number of carbonyl (C=O) groups is 5. The first-order chi connectivity index (χ1) is 22.6. The lowest BCUT2D eigenvalue weighted by molar-refractivity contribution is -0.144. The topological polar surface area (TPSA) is 160 Å². The number of esters is 1. The molecule has 1 aliphatic rings. The third kappa shape index (κ3) is 8.12. The Balaban J connectivity index is 1.55. The van der Waals surface area contributed by atoms with E-state index >= 15 is 0 Å². The van der Waals surface area contributed by atoms with Crippen molar-refractivity contribution < 1.29 is 46.6 Å². The van der Waals surface area contributed by atoms with Crippen LogP contribution in [0.25, 0.3) is 10.9 Å². The van der Waals surface area contributed by atoms with Crippen molar-refractivity contribution >= 4 is 40.4 Å². The first-order valence-electron chi connectivity index (χ1n) is 15.4. The number of nitrogens with one attached hydrogen (secondary N) is 3. The zero-order chi connectivity index (χ0) is 35.3. The molecule has 1 aromatic carbocycles. The minimum absolute atomic E-state index is 0.0423. The molecule has 0 radical (unpaired) electrons. The second kappa shape index (κ2) is 14.9. The molecule has 48 heavy (non-hydrogen) atoms. The highest BCUT2D eigenvalue weighted by atomic mass is 19.4. The Bertz CT molecular complexity index is 1720. The second-order valence-corrected chi connectivity index (χ2v) is 11.9. The lowest BCUT2D eigenvalue weighted by Crippen LogP contribution is -2.54. The molecule has 3 heterocycles. The Labute approximate surface area is 274 Å². The number of nitrogens with zero attached hydrogens (tertiary/aromatic N) is 2. The van der Waals surface area contributed by atoms with Gasteiger partial charge in [0.05, 0.1) is 36.5 Å². The van der Waals surface area contributed by atoms with Crippen LogP contribution in [0.3, 0.4) is 0 Å². The second-order valence-electron chi connectivity index (χ2n) is 11.9. The Kier molecular flexibility index (Phi) is 11.1. The SMILES string of the molecule is COc1cccc2[nH]c(C(=O)NCC(=O)N(C(C)C)[C@@H](C[C@@H]3CCCNC3=O)C(=O)COC(=O)c3c(C(F)(F)F)cc(C)nc3C)cc12. The number of aromatic nitrogens is 2. The fraction of sp³-hybridized carbons (Fsp3) is 0.455. The highest BCUT2D eigenvalue weighted by Crippen LogP contribution is 2.34. The number of hydrogen-bond donors (Lipinski definition) is 3. The molecule has 4 rings (SSSR count). The fourth-order valence-corrected chi connectivity index (χ4v) is 5.94. The Hall–Kier alpha value is -4.95. The molecule has 15 heteroatoms. The zero-order valence-corrected chi connectivity index (χ0v) is 27.2. The zero-order valence-electron chi connectivity index (χ0n) is 27.2. The molecule has 12 nitrogen and oxygen atoms in total. The van der Waals surface area contributed by atoms with Crippen LogP contribution < -0.4 is 15.4 Å². The van der Waals surface area contributed by atoms with Gasteiger partial charge in [-0.2, -0.15) is 13.2 Å². The number of amides is 3. The Morgan fingerprint density at radius 1 is 1.15 bits per heavy atom. The molecule has 0 spiro atoms. The van der Waals surface area contributed by atoms with E-state index in [0.717, 1.165) is 6.07 Å². The number of aromatic amines is 1. The number of benzene rings is 1. The van der Waals surface area contributed by atoms with Crippen molar-refractivity contribution in [1.82, 2.24) is 25.5 Å². The predicted octanol–water partition coefficient (Wildman–Crippen LogP) is 3.88. The molecule has 0 unspecified atom stereocenters. The Morgan fingerprint density at radius 2 is 1.88 bits per heavy atom. The summed E-state index contributed by atoms with van der Waals surface area (Å²) in [5, 5.41) is 5.94. The van der Waals surface area contributed by atoms with Gasteiger partial charge >= 0.3 is 12.1 Å². The number of aryl methyl sites for hydroxylation is 2. The summed E-state index contributed by atoms with van der Waals surface area (Å²) in [7, 11) is 1.50. The van der Waals surface area contributed by atoms with Crippen molar-refractivity contribution in [2.45, 2.75) is 65.2 Å². The van der Waals surface area contributed by atoms with E-state index in [1.54, 1.807) is 38.1 Å². The van der Waals surface area contributed by atoms with Crippen molar-refractivity contribution in [3.8, 4) is 5.75 Å². The molecule has 3 N–H and O–H groups in total. The first kappa shape index (κ1) is 35.9. The molecule has 2 aromatic heterocycles. The van der Waals surface area contributed by atoms with E-state index in [1.807, 2.05) is 0 Å². The van der Waals surface area contributed by atoms with Crippen molar-refractivity contribution in [1.29, 1.82) is 0 Å². The Morgan fingerprint density at radius 3 is 2.52 bits per heavy atom. The van der Waals surface area contributed by atoms with Crippen LogP contribution in [0.15, 0.2) is 30.3 Å². The summed E-state index contributed by atoms with van der Waals surface area (Å²) < 4.78 is 51.8. The number of H-pyrrole nitrogens is 1. The van der Waals surface area contributed by atoms with Crippen LogP contribution in [0.5, 0.6) is 5.75 Å². The quantitative estimate of drug-likeness (QED) is 0.244. The number of methoxy groups -OCH3 is 1. The van der Waals surface area contributed by atoms with E-state index in [2.05, 4.69) is 20.6 Å². The predicted molar refractivity (Wildman–Crippen MR) is 167 cm³/mol.